The van der Waals surface area contributed by atoms with Crippen LogP contribution in [0.15, 0.2) is 42.5 Å². The van der Waals surface area contributed by atoms with Gasteiger partial charge in [-0.1, -0.05) is 37.6 Å². The van der Waals surface area contributed by atoms with Crippen LogP contribution in [-0.2, 0) is 4.79 Å². The van der Waals surface area contributed by atoms with Crippen LogP contribution in [0.4, 0.5) is 0 Å². The summed E-state index contributed by atoms with van der Waals surface area (Å²) >= 11 is 6.09. The van der Waals surface area contributed by atoms with Crippen molar-refractivity contribution in [1.82, 2.24) is 35.3 Å². The second-order valence-corrected chi connectivity index (χ2v) is 10.00. The lowest BCUT2D eigenvalue weighted by atomic mass is 10.0. The maximum Gasteiger partial charge on any atom is 0.251 e. The van der Waals surface area contributed by atoms with Crippen molar-refractivity contribution < 1.29 is 9.59 Å². The summed E-state index contributed by atoms with van der Waals surface area (Å²) < 4.78 is 1.68. The van der Waals surface area contributed by atoms with E-state index < -0.39 is 0 Å². The highest BCUT2D eigenvalue weighted by Crippen LogP contribution is 2.27. The molecular weight excluding hydrogens is 478 g/mol. The molecule has 0 saturated carbocycles. The van der Waals surface area contributed by atoms with Crippen molar-refractivity contribution in [2.75, 3.05) is 32.7 Å². The lowest BCUT2D eigenvalue weighted by Gasteiger charge is -2.35. The van der Waals surface area contributed by atoms with Crippen LogP contribution in [0, 0.1) is 0 Å². The second-order valence-electron chi connectivity index (χ2n) is 9.56. The zero-order valence-corrected chi connectivity index (χ0v) is 21.9. The molecule has 0 aliphatic carbocycles. The average Bonchev–Trinajstić information content (AvgIpc) is 3.35. The van der Waals surface area contributed by atoms with Crippen LogP contribution in [0.25, 0.3) is 16.8 Å². The number of hydrogen-bond donors (Lipinski definition) is 1. The first-order chi connectivity index (χ1) is 17.2. The van der Waals surface area contributed by atoms with Crippen molar-refractivity contribution in [3.8, 4) is 16.8 Å². The lowest BCUT2D eigenvalue weighted by molar-refractivity contribution is -0.130. The third-order valence-electron chi connectivity index (χ3n) is 6.34. The Kier molecular flexibility index (Phi) is 8.01. The van der Waals surface area contributed by atoms with Crippen molar-refractivity contribution in [2.24, 2.45) is 0 Å². The molecule has 0 unspecified atom stereocenters. The van der Waals surface area contributed by atoms with Gasteiger partial charge < -0.3 is 10.2 Å². The minimum Gasteiger partial charge on any atom is -0.348 e. The van der Waals surface area contributed by atoms with Gasteiger partial charge in [-0.15, -0.1) is 5.10 Å². The molecule has 1 fully saturated rings. The van der Waals surface area contributed by atoms with Gasteiger partial charge in [0.25, 0.3) is 5.91 Å². The van der Waals surface area contributed by atoms with Crippen LogP contribution in [-0.4, -0.2) is 80.6 Å². The molecule has 1 aliphatic heterocycles. The van der Waals surface area contributed by atoms with Crippen molar-refractivity contribution in [1.29, 1.82) is 0 Å². The summed E-state index contributed by atoms with van der Waals surface area (Å²) in [6.45, 7) is 11.4. The van der Waals surface area contributed by atoms with Gasteiger partial charge >= 0.3 is 0 Å². The first-order valence-electron chi connectivity index (χ1n) is 12.2. The fourth-order valence-electron chi connectivity index (χ4n) is 4.40. The summed E-state index contributed by atoms with van der Waals surface area (Å²) in [5.41, 5.74) is 3.05. The first kappa shape index (κ1) is 25.8. The van der Waals surface area contributed by atoms with E-state index in [-0.39, 0.29) is 23.8 Å². The van der Waals surface area contributed by atoms with Crippen LogP contribution in [0.1, 0.15) is 49.8 Å². The largest absolute Gasteiger partial charge is 0.348 e. The number of nitrogens with one attached hydrogen (secondary N) is 1. The number of benzene rings is 2. The van der Waals surface area contributed by atoms with Crippen molar-refractivity contribution in [2.45, 2.75) is 39.7 Å². The summed E-state index contributed by atoms with van der Waals surface area (Å²) in [4.78, 5) is 29.1. The number of amides is 2. The molecule has 4 rings (SSSR count). The molecule has 1 atom stereocenters. The molecule has 2 amide bonds. The Morgan fingerprint density at radius 2 is 1.69 bits per heavy atom. The number of tetrazole rings is 1. The van der Waals surface area contributed by atoms with Crippen molar-refractivity contribution in [3.05, 3.63) is 58.9 Å². The van der Waals surface area contributed by atoms with E-state index in [0.29, 0.717) is 41.7 Å². The number of carbonyl (C=O) groups excluding carboxylic acids is 2. The van der Waals surface area contributed by atoms with E-state index in [1.165, 1.54) is 0 Å². The van der Waals surface area contributed by atoms with Gasteiger partial charge in [0.05, 0.1) is 5.69 Å². The van der Waals surface area contributed by atoms with Crippen LogP contribution in [0.3, 0.4) is 0 Å². The Hall–Kier alpha value is -3.30. The van der Waals surface area contributed by atoms with Crippen LogP contribution >= 0.6 is 11.6 Å². The molecule has 0 spiro atoms. The number of rotatable bonds is 7. The monoisotopic (exact) mass is 509 g/mol. The summed E-state index contributed by atoms with van der Waals surface area (Å²) in [5, 5.41) is 16.0. The zero-order chi connectivity index (χ0) is 25.8. The third-order valence-corrected chi connectivity index (χ3v) is 6.59. The van der Waals surface area contributed by atoms with Crippen LogP contribution in [0.5, 0.6) is 0 Å². The Morgan fingerprint density at radius 1 is 1.00 bits per heavy atom. The number of carbonyl (C=O) groups is 2. The minimum atomic E-state index is -0.166. The number of hydrogen-bond acceptors (Lipinski definition) is 6. The van der Waals surface area contributed by atoms with Crippen molar-refractivity contribution >= 4 is 23.4 Å². The second kappa shape index (κ2) is 11.2. The summed E-state index contributed by atoms with van der Waals surface area (Å²) in [6.07, 6.45) is 0. The maximum atomic E-state index is 13.4. The van der Waals surface area contributed by atoms with Gasteiger partial charge in [-0.3, -0.25) is 14.5 Å². The first-order valence-corrected chi connectivity index (χ1v) is 12.6. The Balaban J connectivity index is 1.56. The molecule has 9 nitrogen and oxygen atoms in total. The molecule has 1 aliphatic rings. The highest BCUT2D eigenvalue weighted by atomic mass is 35.5. The maximum absolute atomic E-state index is 13.4. The molecule has 1 aromatic heterocycles. The number of nitrogens with zero attached hydrogens (tertiary/aromatic N) is 6. The molecular formula is C26H32ClN7O2. The van der Waals surface area contributed by atoms with E-state index in [9.17, 15) is 9.59 Å². The van der Waals surface area contributed by atoms with Gasteiger partial charge in [0, 0.05) is 62.2 Å². The van der Waals surface area contributed by atoms with Gasteiger partial charge in [0.1, 0.15) is 0 Å². The summed E-state index contributed by atoms with van der Waals surface area (Å²) in [5.74, 6) is 0.768. The van der Waals surface area contributed by atoms with E-state index >= 15 is 0 Å². The predicted octanol–water partition coefficient (Wildman–Crippen LogP) is 3.39. The Bertz CT molecular complexity index is 1220. The van der Waals surface area contributed by atoms with Gasteiger partial charge in [0.2, 0.25) is 5.91 Å². The molecule has 190 valence electrons. The van der Waals surface area contributed by atoms with E-state index in [4.69, 9.17) is 11.6 Å². The quantitative estimate of drug-likeness (QED) is 0.524. The third kappa shape index (κ3) is 6.09. The molecule has 1 N–H and O–H groups in total. The van der Waals surface area contributed by atoms with Gasteiger partial charge in [-0.05, 0) is 58.8 Å². The zero-order valence-electron chi connectivity index (χ0n) is 21.1. The van der Waals surface area contributed by atoms with Gasteiger partial charge in [-0.2, -0.15) is 4.68 Å². The fourth-order valence-corrected chi connectivity index (χ4v) is 4.52. The number of aromatic nitrogens is 4. The SMILES string of the molecule is CC(=O)N1CCN(C[C@@H](C)NC(=O)c2cc(-c3ccc(Cl)cc3)cc(-n3nnnc3C(C)C)c2)CC1. The lowest BCUT2D eigenvalue weighted by Crippen LogP contribution is -2.51. The Morgan fingerprint density at radius 3 is 2.33 bits per heavy atom. The average molecular weight is 510 g/mol. The number of piperazine rings is 1. The minimum absolute atomic E-state index is 0.0664. The topological polar surface area (TPSA) is 96.2 Å². The van der Waals surface area contributed by atoms with E-state index in [2.05, 4.69) is 25.7 Å². The van der Waals surface area contributed by atoms with Crippen molar-refractivity contribution in [3.63, 3.8) is 0 Å². The molecule has 36 heavy (non-hydrogen) atoms. The van der Waals surface area contributed by atoms with E-state index in [1.54, 1.807) is 11.6 Å². The summed E-state index contributed by atoms with van der Waals surface area (Å²) in [7, 11) is 0. The normalized spacial score (nSPS) is 15.2. The molecule has 10 heteroatoms. The van der Waals surface area contributed by atoms with Crippen LogP contribution in [0.2, 0.25) is 5.02 Å². The molecule has 2 aromatic carbocycles. The number of halogens is 1. The highest BCUT2D eigenvalue weighted by molar-refractivity contribution is 6.30. The van der Waals surface area contributed by atoms with E-state index in [1.807, 2.05) is 68.1 Å². The molecule has 0 bridgehead atoms. The highest BCUT2D eigenvalue weighted by Gasteiger charge is 2.22. The molecule has 1 saturated heterocycles. The van der Waals surface area contributed by atoms with E-state index in [0.717, 1.165) is 24.2 Å². The molecule has 2 heterocycles. The van der Waals surface area contributed by atoms with Gasteiger partial charge in [0.15, 0.2) is 5.82 Å². The molecule has 3 aromatic rings. The summed E-state index contributed by atoms with van der Waals surface area (Å²) in [6, 6.07) is 13.1. The standard InChI is InChI=1S/C26H32ClN7O2/c1-17(2)25-29-30-31-34(25)24-14-21(20-5-7-23(27)8-6-20)13-22(15-24)26(36)28-18(3)16-32-9-11-33(12-10-32)19(4)35/h5-8,13-15,17-18H,9-12,16H2,1-4H3,(H,28,36)/t18-/m1/s1. The van der Waals surface area contributed by atoms with Crippen LogP contribution < -0.4 is 5.32 Å². The Labute approximate surface area is 216 Å². The smallest absolute Gasteiger partial charge is 0.251 e. The van der Waals surface area contributed by atoms with Gasteiger partial charge in [-0.25, -0.2) is 0 Å². The fraction of sp³-hybridized carbons (Fsp3) is 0.423. The predicted molar refractivity (Wildman–Crippen MR) is 139 cm³/mol. The molecule has 0 radical (unpaired) electrons.